The SMILES string of the molecule is C=CN(CC1C=CC(=O)O1)c1ccccc1. The number of ether oxygens (including phenoxy) is 1. The molecule has 16 heavy (non-hydrogen) atoms. The quantitative estimate of drug-likeness (QED) is 0.720. The highest BCUT2D eigenvalue weighted by Gasteiger charge is 2.18. The van der Waals surface area contributed by atoms with E-state index in [1.54, 1.807) is 12.3 Å². The Morgan fingerprint density at radius 1 is 1.38 bits per heavy atom. The molecule has 1 aromatic carbocycles. The smallest absolute Gasteiger partial charge is 0.331 e. The summed E-state index contributed by atoms with van der Waals surface area (Å²) >= 11 is 0. The standard InChI is InChI=1S/C13H13NO2/c1-2-14(11-6-4-3-5-7-11)10-12-8-9-13(15)16-12/h2-9,12H,1,10H2. The van der Waals surface area contributed by atoms with Crippen LogP contribution in [0.1, 0.15) is 0 Å². The van der Waals surface area contributed by atoms with Gasteiger partial charge in [0.15, 0.2) is 0 Å². The molecule has 0 spiro atoms. The molecule has 1 aromatic rings. The monoisotopic (exact) mass is 215 g/mol. The predicted molar refractivity (Wildman–Crippen MR) is 63.0 cm³/mol. The third-order valence-corrected chi connectivity index (χ3v) is 2.40. The Kier molecular flexibility index (Phi) is 3.05. The summed E-state index contributed by atoms with van der Waals surface area (Å²) < 4.78 is 5.08. The normalized spacial score (nSPS) is 18.2. The van der Waals surface area contributed by atoms with Crippen LogP contribution in [0.4, 0.5) is 5.69 Å². The first kappa shape index (κ1) is 10.5. The fourth-order valence-electron chi connectivity index (χ4n) is 1.61. The van der Waals surface area contributed by atoms with Crippen LogP contribution in [0.2, 0.25) is 0 Å². The van der Waals surface area contributed by atoms with Crippen LogP contribution >= 0.6 is 0 Å². The first-order chi connectivity index (χ1) is 7.79. The fourth-order valence-corrected chi connectivity index (χ4v) is 1.61. The van der Waals surface area contributed by atoms with Gasteiger partial charge in [-0.15, -0.1) is 0 Å². The molecule has 0 radical (unpaired) electrons. The molecule has 82 valence electrons. The molecule has 3 heteroatoms. The van der Waals surface area contributed by atoms with Crippen molar-refractivity contribution < 1.29 is 9.53 Å². The minimum atomic E-state index is -0.276. The van der Waals surface area contributed by atoms with Crippen molar-refractivity contribution in [2.24, 2.45) is 0 Å². The van der Waals surface area contributed by atoms with Gasteiger partial charge in [0.2, 0.25) is 0 Å². The molecule has 0 amide bonds. The van der Waals surface area contributed by atoms with Gasteiger partial charge in [0, 0.05) is 11.8 Å². The minimum Gasteiger partial charge on any atom is -0.453 e. The van der Waals surface area contributed by atoms with Crippen LogP contribution < -0.4 is 4.90 Å². The van der Waals surface area contributed by atoms with E-state index in [0.29, 0.717) is 6.54 Å². The molecule has 0 aromatic heterocycles. The molecule has 3 nitrogen and oxygen atoms in total. The summed E-state index contributed by atoms with van der Waals surface area (Å²) in [5, 5.41) is 0. The number of hydrogen-bond donors (Lipinski definition) is 0. The lowest BCUT2D eigenvalue weighted by atomic mass is 10.2. The van der Waals surface area contributed by atoms with Gasteiger partial charge in [0.1, 0.15) is 6.10 Å². The number of carbonyl (C=O) groups excluding carboxylic acids is 1. The molecule has 0 saturated carbocycles. The Hall–Kier alpha value is -2.03. The molecule has 0 N–H and O–H groups in total. The van der Waals surface area contributed by atoms with Gasteiger partial charge in [-0.3, -0.25) is 0 Å². The van der Waals surface area contributed by atoms with Crippen LogP contribution in [0.25, 0.3) is 0 Å². The maximum atomic E-state index is 10.9. The van der Waals surface area contributed by atoms with Gasteiger partial charge in [-0.1, -0.05) is 24.8 Å². The minimum absolute atomic E-state index is 0.189. The second kappa shape index (κ2) is 4.66. The number of para-hydroxylation sites is 1. The van der Waals surface area contributed by atoms with E-state index in [9.17, 15) is 4.79 Å². The van der Waals surface area contributed by atoms with E-state index in [1.165, 1.54) is 6.08 Å². The summed E-state index contributed by atoms with van der Waals surface area (Å²) in [6.45, 7) is 4.35. The van der Waals surface area contributed by atoms with Gasteiger partial charge in [0.05, 0.1) is 6.54 Å². The second-order valence-electron chi connectivity index (χ2n) is 3.50. The van der Waals surface area contributed by atoms with Gasteiger partial charge in [-0.05, 0) is 24.4 Å². The van der Waals surface area contributed by atoms with E-state index in [1.807, 2.05) is 35.2 Å². The Labute approximate surface area is 94.6 Å². The molecule has 0 aliphatic carbocycles. The molecule has 0 bridgehead atoms. The lowest BCUT2D eigenvalue weighted by Gasteiger charge is -2.22. The number of anilines is 1. The van der Waals surface area contributed by atoms with E-state index in [0.717, 1.165) is 5.69 Å². The number of esters is 1. The second-order valence-corrected chi connectivity index (χ2v) is 3.50. The molecule has 1 atom stereocenters. The zero-order chi connectivity index (χ0) is 11.4. The summed E-state index contributed by atoms with van der Waals surface area (Å²) in [5.74, 6) is -0.276. The van der Waals surface area contributed by atoms with Crippen LogP contribution in [0.5, 0.6) is 0 Å². The van der Waals surface area contributed by atoms with E-state index in [4.69, 9.17) is 4.74 Å². The van der Waals surface area contributed by atoms with Crippen molar-refractivity contribution in [3.05, 3.63) is 55.3 Å². The third kappa shape index (κ3) is 2.31. The topological polar surface area (TPSA) is 29.5 Å². The average molecular weight is 215 g/mol. The van der Waals surface area contributed by atoms with Gasteiger partial charge in [-0.2, -0.15) is 0 Å². The number of carbonyl (C=O) groups is 1. The van der Waals surface area contributed by atoms with Gasteiger partial charge < -0.3 is 9.64 Å². The number of cyclic esters (lactones) is 1. The fraction of sp³-hybridized carbons (Fsp3) is 0.154. The van der Waals surface area contributed by atoms with Crippen molar-refractivity contribution in [2.75, 3.05) is 11.4 Å². The zero-order valence-electron chi connectivity index (χ0n) is 8.87. The van der Waals surface area contributed by atoms with Crippen molar-refractivity contribution in [1.29, 1.82) is 0 Å². The van der Waals surface area contributed by atoms with Crippen LogP contribution in [0.3, 0.4) is 0 Å². The van der Waals surface area contributed by atoms with E-state index >= 15 is 0 Å². The van der Waals surface area contributed by atoms with E-state index in [-0.39, 0.29) is 12.1 Å². The van der Waals surface area contributed by atoms with Crippen LogP contribution in [-0.4, -0.2) is 18.6 Å². The Morgan fingerprint density at radius 3 is 2.69 bits per heavy atom. The van der Waals surface area contributed by atoms with Crippen LogP contribution in [-0.2, 0) is 9.53 Å². The van der Waals surface area contributed by atoms with Crippen LogP contribution in [0, 0.1) is 0 Å². The molecular formula is C13H13NO2. The summed E-state index contributed by atoms with van der Waals surface area (Å²) in [6.07, 6.45) is 4.76. The molecule has 1 unspecified atom stereocenters. The van der Waals surface area contributed by atoms with Crippen molar-refractivity contribution in [3.8, 4) is 0 Å². The lowest BCUT2D eigenvalue weighted by Crippen LogP contribution is -2.27. The highest BCUT2D eigenvalue weighted by atomic mass is 16.5. The zero-order valence-corrected chi connectivity index (χ0v) is 8.87. The number of nitrogens with zero attached hydrogens (tertiary/aromatic N) is 1. The van der Waals surface area contributed by atoms with Crippen molar-refractivity contribution >= 4 is 11.7 Å². The summed E-state index contributed by atoms with van der Waals surface area (Å²) in [7, 11) is 0. The molecule has 0 fully saturated rings. The van der Waals surface area contributed by atoms with Gasteiger partial charge in [-0.25, -0.2) is 4.79 Å². The van der Waals surface area contributed by atoms with E-state index in [2.05, 4.69) is 6.58 Å². The summed E-state index contributed by atoms with van der Waals surface area (Å²) in [5.41, 5.74) is 1.04. The molecule has 1 heterocycles. The maximum Gasteiger partial charge on any atom is 0.331 e. The van der Waals surface area contributed by atoms with Crippen molar-refractivity contribution in [3.63, 3.8) is 0 Å². The molecule has 2 rings (SSSR count). The number of benzene rings is 1. The molecule has 1 aliphatic rings. The number of hydrogen-bond acceptors (Lipinski definition) is 3. The average Bonchev–Trinajstić information content (AvgIpc) is 2.73. The van der Waals surface area contributed by atoms with E-state index < -0.39 is 0 Å². The third-order valence-electron chi connectivity index (χ3n) is 2.40. The largest absolute Gasteiger partial charge is 0.453 e. The van der Waals surface area contributed by atoms with Crippen LogP contribution in [0.15, 0.2) is 55.3 Å². The molecule has 1 aliphatic heterocycles. The Morgan fingerprint density at radius 2 is 2.12 bits per heavy atom. The first-order valence-electron chi connectivity index (χ1n) is 5.12. The van der Waals surface area contributed by atoms with Gasteiger partial charge in [0.25, 0.3) is 0 Å². The predicted octanol–water partition coefficient (Wildman–Crippen LogP) is 2.12. The lowest BCUT2D eigenvalue weighted by molar-refractivity contribution is -0.138. The Balaban J connectivity index is 2.04. The molecule has 0 saturated heterocycles. The van der Waals surface area contributed by atoms with Crippen molar-refractivity contribution in [2.45, 2.75) is 6.10 Å². The highest BCUT2D eigenvalue weighted by Crippen LogP contribution is 2.16. The maximum absolute atomic E-state index is 10.9. The summed E-state index contributed by atoms with van der Waals surface area (Å²) in [4.78, 5) is 12.9. The Bertz CT molecular complexity index is 411. The highest BCUT2D eigenvalue weighted by molar-refractivity contribution is 5.84. The summed E-state index contributed by atoms with van der Waals surface area (Å²) in [6, 6.07) is 9.86. The molecular weight excluding hydrogens is 202 g/mol. The van der Waals surface area contributed by atoms with Gasteiger partial charge >= 0.3 is 5.97 Å². The van der Waals surface area contributed by atoms with Crippen molar-refractivity contribution in [1.82, 2.24) is 0 Å². The number of rotatable bonds is 4. The first-order valence-corrected chi connectivity index (χ1v) is 5.12.